The van der Waals surface area contributed by atoms with Gasteiger partial charge in [0.2, 0.25) is 0 Å². The molecule has 0 fully saturated rings. The van der Waals surface area contributed by atoms with E-state index >= 15 is 0 Å². The van der Waals surface area contributed by atoms with Gasteiger partial charge in [0.1, 0.15) is 17.4 Å². The molecular formula is C19H14N4O2. The summed E-state index contributed by atoms with van der Waals surface area (Å²) in [6.07, 6.45) is 0. The van der Waals surface area contributed by atoms with Crippen molar-refractivity contribution in [3.63, 3.8) is 0 Å². The van der Waals surface area contributed by atoms with Crippen molar-refractivity contribution in [2.45, 2.75) is 0 Å². The molecule has 0 bridgehead atoms. The van der Waals surface area contributed by atoms with Crippen LogP contribution in [0.25, 0.3) is 27.6 Å². The molecule has 2 aromatic carbocycles. The van der Waals surface area contributed by atoms with E-state index in [1.807, 2.05) is 17.7 Å². The van der Waals surface area contributed by atoms with Crippen molar-refractivity contribution in [1.82, 2.24) is 9.13 Å². The van der Waals surface area contributed by atoms with Gasteiger partial charge in [0, 0.05) is 23.8 Å². The molecule has 0 aliphatic rings. The van der Waals surface area contributed by atoms with Gasteiger partial charge in [0.05, 0.1) is 16.6 Å². The fourth-order valence-electron chi connectivity index (χ4n) is 3.20. The van der Waals surface area contributed by atoms with Crippen LogP contribution in [-0.4, -0.2) is 14.2 Å². The number of hydrogen-bond donors (Lipinski definition) is 2. The van der Waals surface area contributed by atoms with E-state index in [1.165, 1.54) is 4.57 Å². The molecule has 0 spiro atoms. The second kappa shape index (κ2) is 5.14. The molecule has 122 valence electrons. The zero-order chi connectivity index (χ0) is 17.7. The summed E-state index contributed by atoms with van der Waals surface area (Å²) >= 11 is 0. The molecule has 25 heavy (non-hydrogen) atoms. The monoisotopic (exact) mass is 330 g/mol. The average molecular weight is 330 g/mol. The van der Waals surface area contributed by atoms with Gasteiger partial charge >= 0.3 is 0 Å². The minimum absolute atomic E-state index is 0.0550. The van der Waals surface area contributed by atoms with Crippen LogP contribution >= 0.6 is 0 Å². The van der Waals surface area contributed by atoms with Crippen molar-refractivity contribution >= 4 is 27.6 Å². The maximum Gasteiger partial charge on any atom is 0.273 e. The van der Waals surface area contributed by atoms with Gasteiger partial charge in [0.15, 0.2) is 0 Å². The molecule has 0 unspecified atom stereocenters. The van der Waals surface area contributed by atoms with Gasteiger partial charge in [-0.2, -0.15) is 5.26 Å². The highest BCUT2D eigenvalue weighted by atomic mass is 16.3. The third-order valence-corrected chi connectivity index (χ3v) is 4.41. The number of rotatable bonds is 1. The Hall–Kier alpha value is -3.72. The first kappa shape index (κ1) is 14.8. The number of nitriles is 1. The second-order valence-corrected chi connectivity index (χ2v) is 5.90. The molecular weight excluding hydrogens is 316 g/mol. The van der Waals surface area contributed by atoms with E-state index in [0.717, 1.165) is 16.4 Å². The largest absolute Gasteiger partial charge is 0.508 e. The number of nitrogens with two attached hydrogens (primary N) is 1. The Bertz CT molecular complexity index is 1240. The van der Waals surface area contributed by atoms with Crippen molar-refractivity contribution < 1.29 is 5.11 Å². The van der Waals surface area contributed by atoms with Crippen molar-refractivity contribution in [2.75, 3.05) is 5.73 Å². The van der Waals surface area contributed by atoms with Crippen molar-refractivity contribution in [1.29, 1.82) is 5.26 Å². The van der Waals surface area contributed by atoms with Gasteiger partial charge in [-0.3, -0.25) is 9.36 Å². The number of fused-ring (bicyclic) bond motifs is 3. The van der Waals surface area contributed by atoms with Gasteiger partial charge in [-0.25, -0.2) is 0 Å². The lowest BCUT2D eigenvalue weighted by Gasteiger charge is -2.10. The smallest absolute Gasteiger partial charge is 0.273 e. The summed E-state index contributed by atoms with van der Waals surface area (Å²) < 4.78 is 3.40. The lowest BCUT2D eigenvalue weighted by Crippen LogP contribution is -2.21. The number of nitrogens with zero attached hydrogens (tertiary/aromatic N) is 3. The standard InChI is InChI=1S/C19H14N4O2/c1-22-16-7-6-14(24)9-15(16)18-17(22)8-11(10-20)19(25)23(18)13-4-2-12(21)3-5-13/h2-9,24H,21H2,1H3. The molecule has 6 heteroatoms. The minimum atomic E-state index is -0.407. The molecule has 0 aliphatic heterocycles. The zero-order valence-corrected chi connectivity index (χ0v) is 13.4. The van der Waals surface area contributed by atoms with Crippen LogP contribution in [0.1, 0.15) is 5.56 Å². The third-order valence-electron chi connectivity index (χ3n) is 4.41. The number of aromatic hydroxyl groups is 1. The lowest BCUT2D eigenvalue weighted by molar-refractivity contribution is 0.476. The maximum absolute atomic E-state index is 12.9. The number of phenolic OH excluding ortho intramolecular Hbond substituents is 1. The fraction of sp³-hybridized carbons (Fsp3) is 0.0526. The van der Waals surface area contributed by atoms with E-state index in [-0.39, 0.29) is 11.3 Å². The number of aryl methyl sites for hydroxylation is 1. The first-order chi connectivity index (χ1) is 12.0. The fourth-order valence-corrected chi connectivity index (χ4v) is 3.20. The van der Waals surface area contributed by atoms with Crippen LogP contribution in [0.3, 0.4) is 0 Å². The highest BCUT2D eigenvalue weighted by molar-refractivity contribution is 6.07. The second-order valence-electron chi connectivity index (χ2n) is 5.90. The Morgan fingerprint density at radius 2 is 1.80 bits per heavy atom. The first-order valence-corrected chi connectivity index (χ1v) is 7.64. The van der Waals surface area contributed by atoms with E-state index in [1.54, 1.807) is 48.5 Å². The Morgan fingerprint density at radius 3 is 2.48 bits per heavy atom. The molecule has 4 rings (SSSR count). The van der Waals surface area contributed by atoms with Crippen LogP contribution < -0.4 is 11.3 Å². The Kier molecular flexibility index (Phi) is 3.05. The SMILES string of the molecule is Cn1c2ccc(O)cc2c2c1cc(C#N)c(=O)n2-c1ccc(N)cc1. The topological polar surface area (TPSA) is 97.0 Å². The van der Waals surface area contributed by atoms with Gasteiger partial charge in [0.25, 0.3) is 5.56 Å². The highest BCUT2D eigenvalue weighted by Gasteiger charge is 2.18. The van der Waals surface area contributed by atoms with Crippen molar-refractivity contribution in [2.24, 2.45) is 7.05 Å². The van der Waals surface area contributed by atoms with Crippen LogP contribution in [0.15, 0.2) is 53.3 Å². The Balaban J connectivity index is 2.28. The predicted octanol–water partition coefficient (Wildman–Crippen LogP) is 2.64. The molecule has 4 aromatic rings. The number of nitrogen functional groups attached to an aromatic ring is 1. The molecule has 0 radical (unpaired) electrons. The molecule has 0 aliphatic carbocycles. The van der Waals surface area contributed by atoms with Gasteiger partial charge < -0.3 is 15.4 Å². The highest BCUT2D eigenvalue weighted by Crippen LogP contribution is 2.31. The first-order valence-electron chi connectivity index (χ1n) is 7.64. The average Bonchev–Trinajstić information content (AvgIpc) is 2.87. The maximum atomic E-state index is 12.9. The molecule has 2 heterocycles. The lowest BCUT2D eigenvalue weighted by atomic mass is 10.1. The van der Waals surface area contributed by atoms with Crippen LogP contribution in [0.4, 0.5) is 5.69 Å². The number of aromatic nitrogens is 2. The number of anilines is 1. The van der Waals surface area contributed by atoms with Gasteiger partial charge in [-0.15, -0.1) is 0 Å². The number of hydrogen-bond acceptors (Lipinski definition) is 4. The number of pyridine rings is 1. The van der Waals surface area contributed by atoms with E-state index < -0.39 is 5.56 Å². The molecule has 3 N–H and O–H groups in total. The number of phenols is 1. The Labute approximate surface area is 142 Å². The van der Waals surface area contributed by atoms with E-state index in [0.29, 0.717) is 16.9 Å². The van der Waals surface area contributed by atoms with Gasteiger partial charge in [-0.1, -0.05) is 0 Å². The van der Waals surface area contributed by atoms with Gasteiger partial charge in [-0.05, 0) is 48.5 Å². The van der Waals surface area contributed by atoms with E-state index in [2.05, 4.69) is 0 Å². The molecule has 0 saturated heterocycles. The summed E-state index contributed by atoms with van der Waals surface area (Å²) in [7, 11) is 1.86. The predicted molar refractivity (Wildman–Crippen MR) is 96.8 cm³/mol. The molecule has 0 atom stereocenters. The van der Waals surface area contributed by atoms with Crippen LogP contribution in [0, 0.1) is 11.3 Å². The van der Waals surface area contributed by atoms with E-state index in [9.17, 15) is 15.2 Å². The summed E-state index contributed by atoms with van der Waals surface area (Å²) in [6.45, 7) is 0. The summed E-state index contributed by atoms with van der Waals surface area (Å²) in [5.41, 5.74) is 8.81. The van der Waals surface area contributed by atoms with Crippen LogP contribution in [0.5, 0.6) is 5.75 Å². The summed E-state index contributed by atoms with van der Waals surface area (Å²) in [5, 5.41) is 20.0. The quantitative estimate of drug-likeness (QED) is 0.524. The number of benzene rings is 2. The van der Waals surface area contributed by atoms with Crippen LogP contribution in [0.2, 0.25) is 0 Å². The Morgan fingerprint density at radius 1 is 1.08 bits per heavy atom. The zero-order valence-electron chi connectivity index (χ0n) is 13.4. The molecule has 0 saturated carbocycles. The minimum Gasteiger partial charge on any atom is -0.508 e. The third kappa shape index (κ3) is 2.07. The van der Waals surface area contributed by atoms with E-state index in [4.69, 9.17) is 5.73 Å². The van der Waals surface area contributed by atoms with Crippen molar-refractivity contribution in [3.05, 3.63) is 64.4 Å². The normalized spacial score (nSPS) is 11.0. The van der Waals surface area contributed by atoms with Crippen molar-refractivity contribution in [3.8, 4) is 17.5 Å². The molecule has 0 amide bonds. The summed E-state index contributed by atoms with van der Waals surface area (Å²) in [5.74, 6) is 0.112. The molecule has 6 nitrogen and oxygen atoms in total. The van der Waals surface area contributed by atoms with Crippen LogP contribution in [-0.2, 0) is 7.05 Å². The molecule has 2 aromatic heterocycles. The summed E-state index contributed by atoms with van der Waals surface area (Å²) in [4.78, 5) is 12.9. The summed E-state index contributed by atoms with van der Waals surface area (Å²) in [6, 6.07) is 15.4.